The zero-order valence-corrected chi connectivity index (χ0v) is 13.9. The average Bonchev–Trinajstić information content (AvgIpc) is 2.73. The van der Waals surface area contributed by atoms with Gasteiger partial charge >= 0.3 is 0 Å². The number of rotatable bonds is 4. The summed E-state index contributed by atoms with van der Waals surface area (Å²) in [6.45, 7) is 2.35. The van der Waals surface area contributed by atoms with Gasteiger partial charge < -0.3 is 5.32 Å². The Kier molecular flexibility index (Phi) is 4.59. The van der Waals surface area contributed by atoms with Gasteiger partial charge in [-0.2, -0.15) is 0 Å². The Bertz CT molecular complexity index is 628. The van der Waals surface area contributed by atoms with Crippen molar-refractivity contribution in [1.82, 2.24) is 0 Å². The number of nitrogens with one attached hydrogen (secondary N) is 1. The molecule has 2 rings (SSSR count). The van der Waals surface area contributed by atoms with Gasteiger partial charge in [-0.1, -0.05) is 0 Å². The van der Waals surface area contributed by atoms with E-state index in [1.807, 2.05) is 11.4 Å². The molecule has 1 heterocycles. The molecule has 100 valence electrons. The third-order valence-electron chi connectivity index (χ3n) is 2.61. The summed E-state index contributed by atoms with van der Waals surface area (Å²) < 4.78 is 1.87. The van der Waals surface area contributed by atoms with Crippen LogP contribution in [-0.2, 0) is 6.54 Å². The van der Waals surface area contributed by atoms with Crippen molar-refractivity contribution >= 4 is 54.6 Å². The average molecular weight is 406 g/mol. The van der Waals surface area contributed by atoms with Crippen molar-refractivity contribution in [2.75, 3.05) is 5.32 Å². The molecule has 7 heteroatoms. The number of anilines is 1. The molecule has 4 nitrogen and oxygen atoms in total. The Balaban J connectivity index is 2.23. The summed E-state index contributed by atoms with van der Waals surface area (Å²) in [6.07, 6.45) is 0. The Morgan fingerprint density at radius 3 is 2.68 bits per heavy atom. The van der Waals surface area contributed by atoms with E-state index in [4.69, 9.17) is 0 Å². The molecule has 0 amide bonds. The molecule has 1 aromatic heterocycles. The van der Waals surface area contributed by atoms with Gasteiger partial charge in [0, 0.05) is 25.5 Å². The zero-order chi connectivity index (χ0) is 14.0. The maximum atomic E-state index is 10.9. The zero-order valence-electron chi connectivity index (χ0n) is 9.94. The molecule has 0 aliphatic heterocycles. The van der Waals surface area contributed by atoms with Crippen molar-refractivity contribution in [1.29, 1.82) is 0 Å². The molecule has 1 N–H and O–H groups in total. The fourth-order valence-electron chi connectivity index (χ4n) is 1.62. The molecule has 1 aromatic carbocycles. The largest absolute Gasteiger partial charge is 0.379 e. The summed E-state index contributed by atoms with van der Waals surface area (Å²) in [5, 5.41) is 16.1. The maximum absolute atomic E-state index is 10.9. The predicted octanol–water partition coefficient (Wildman–Crippen LogP) is 5.10. The second kappa shape index (κ2) is 6.02. The Hall–Kier alpha value is -0.920. The molecule has 0 aliphatic carbocycles. The smallest absolute Gasteiger partial charge is 0.274 e. The molecule has 0 fully saturated rings. The topological polar surface area (TPSA) is 55.2 Å². The van der Waals surface area contributed by atoms with Crippen LogP contribution in [0, 0.1) is 17.0 Å². The quantitative estimate of drug-likeness (QED) is 0.568. The molecule has 0 saturated carbocycles. The SMILES string of the molecule is Cc1cc(Br)c(NCc2sccc2Br)cc1[N+](=O)[O-]. The van der Waals surface area contributed by atoms with E-state index in [9.17, 15) is 10.1 Å². The summed E-state index contributed by atoms with van der Waals surface area (Å²) >= 11 is 8.51. The highest BCUT2D eigenvalue weighted by Crippen LogP contribution is 2.32. The van der Waals surface area contributed by atoms with Crippen molar-refractivity contribution in [2.45, 2.75) is 13.5 Å². The van der Waals surface area contributed by atoms with E-state index in [-0.39, 0.29) is 10.6 Å². The Morgan fingerprint density at radius 1 is 1.37 bits per heavy atom. The van der Waals surface area contributed by atoms with Crippen LogP contribution in [0.15, 0.2) is 32.5 Å². The van der Waals surface area contributed by atoms with Gasteiger partial charge in [0.2, 0.25) is 0 Å². The number of nitro groups is 1. The van der Waals surface area contributed by atoms with E-state index in [2.05, 4.69) is 37.2 Å². The lowest BCUT2D eigenvalue weighted by molar-refractivity contribution is -0.385. The number of halogens is 2. The van der Waals surface area contributed by atoms with Gasteiger partial charge in [0.1, 0.15) is 0 Å². The normalized spacial score (nSPS) is 10.5. The number of nitro benzene ring substituents is 1. The van der Waals surface area contributed by atoms with E-state index in [1.165, 1.54) is 0 Å². The van der Waals surface area contributed by atoms with E-state index in [0.29, 0.717) is 12.1 Å². The monoisotopic (exact) mass is 404 g/mol. The van der Waals surface area contributed by atoms with E-state index in [1.54, 1.807) is 30.4 Å². The van der Waals surface area contributed by atoms with Crippen LogP contribution >= 0.6 is 43.2 Å². The van der Waals surface area contributed by atoms with E-state index in [0.717, 1.165) is 19.5 Å². The predicted molar refractivity (Wildman–Crippen MR) is 84.9 cm³/mol. The van der Waals surface area contributed by atoms with Gasteiger partial charge in [0.25, 0.3) is 5.69 Å². The number of hydrogen-bond donors (Lipinski definition) is 1. The van der Waals surface area contributed by atoms with E-state index < -0.39 is 0 Å². The van der Waals surface area contributed by atoms with E-state index >= 15 is 0 Å². The lowest BCUT2D eigenvalue weighted by Crippen LogP contribution is -2.01. The highest BCUT2D eigenvalue weighted by molar-refractivity contribution is 9.11. The van der Waals surface area contributed by atoms with Gasteiger partial charge in [0.15, 0.2) is 0 Å². The number of hydrogen-bond acceptors (Lipinski definition) is 4. The molecule has 19 heavy (non-hydrogen) atoms. The van der Waals surface area contributed by atoms with Crippen LogP contribution in [-0.4, -0.2) is 4.92 Å². The summed E-state index contributed by atoms with van der Waals surface area (Å²) in [5.41, 5.74) is 1.48. The van der Waals surface area contributed by atoms with Crippen molar-refractivity contribution in [3.63, 3.8) is 0 Å². The molecule has 0 spiro atoms. The van der Waals surface area contributed by atoms with Crippen LogP contribution in [0.25, 0.3) is 0 Å². The first-order chi connectivity index (χ1) is 8.99. The van der Waals surface area contributed by atoms with Gasteiger partial charge in [-0.3, -0.25) is 10.1 Å². The summed E-state index contributed by atoms with van der Waals surface area (Å²) in [5.74, 6) is 0. The minimum atomic E-state index is -0.367. The van der Waals surface area contributed by atoms with Crippen molar-refractivity contribution < 1.29 is 4.92 Å². The minimum absolute atomic E-state index is 0.121. The third kappa shape index (κ3) is 3.34. The lowest BCUT2D eigenvalue weighted by atomic mass is 10.2. The number of thiophene rings is 1. The highest BCUT2D eigenvalue weighted by Gasteiger charge is 2.14. The number of aryl methyl sites for hydroxylation is 1. The second-order valence-corrected chi connectivity index (χ2v) is 6.63. The molecular formula is C12H10Br2N2O2S. The van der Waals surface area contributed by atoms with Crippen LogP contribution < -0.4 is 5.32 Å². The van der Waals surface area contributed by atoms with Crippen molar-refractivity contribution in [3.8, 4) is 0 Å². The Labute approximate surface area is 131 Å². The van der Waals surface area contributed by atoms with Gasteiger partial charge in [-0.15, -0.1) is 11.3 Å². The first-order valence-electron chi connectivity index (χ1n) is 5.39. The summed E-state index contributed by atoms with van der Waals surface area (Å²) in [4.78, 5) is 11.7. The maximum Gasteiger partial charge on any atom is 0.274 e. The second-order valence-electron chi connectivity index (χ2n) is 3.92. The van der Waals surface area contributed by atoms with Crippen molar-refractivity contribution in [2.24, 2.45) is 0 Å². The van der Waals surface area contributed by atoms with Gasteiger partial charge in [-0.25, -0.2) is 0 Å². The van der Waals surface area contributed by atoms with Crippen LogP contribution in [0.3, 0.4) is 0 Å². The number of benzene rings is 1. The molecule has 0 atom stereocenters. The van der Waals surface area contributed by atoms with Crippen LogP contribution in [0.2, 0.25) is 0 Å². The van der Waals surface area contributed by atoms with Gasteiger partial charge in [-0.05, 0) is 56.3 Å². The molecular weight excluding hydrogens is 396 g/mol. The molecule has 0 unspecified atom stereocenters. The third-order valence-corrected chi connectivity index (χ3v) is 5.20. The molecule has 0 saturated heterocycles. The highest BCUT2D eigenvalue weighted by atomic mass is 79.9. The minimum Gasteiger partial charge on any atom is -0.379 e. The molecule has 0 radical (unpaired) electrons. The summed E-state index contributed by atoms with van der Waals surface area (Å²) in [6, 6.07) is 5.29. The lowest BCUT2D eigenvalue weighted by Gasteiger charge is -2.09. The Morgan fingerprint density at radius 2 is 2.11 bits per heavy atom. The molecule has 0 bridgehead atoms. The number of nitrogens with zero attached hydrogens (tertiary/aromatic N) is 1. The molecule has 2 aromatic rings. The standard InChI is InChI=1S/C12H10Br2N2O2S/c1-7-4-9(14)10(5-11(7)16(17)18)15-6-12-8(13)2-3-19-12/h2-5,15H,6H2,1H3. The van der Waals surface area contributed by atoms with Crippen LogP contribution in [0.1, 0.15) is 10.4 Å². The van der Waals surface area contributed by atoms with Crippen LogP contribution in [0.4, 0.5) is 11.4 Å². The first-order valence-corrected chi connectivity index (χ1v) is 7.86. The van der Waals surface area contributed by atoms with Crippen molar-refractivity contribution in [3.05, 3.63) is 53.1 Å². The fraction of sp³-hybridized carbons (Fsp3) is 0.167. The molecule has 0 aliphatic rings. The fourth-order valence-corrected chi connectivity index (χ4v) is 3.65. The van der Waals surface area contributed by atoms with Gasteiger partial charge in [0.05, 0.1) is 17.2 Å². The summed E-state index contributed by atoms with van der Waals surface area (Å²) in [7, 11) is 0. The first kappa shape index (κ1) is 14.5. The van der Waals surface area contributed by atoms with Crippen LogP contribution in [0.5, 0.6) is 0 Å².